The Labute approximate surface area is 208 Å². The van der Waals surface area contributed by atoms with E-state index in [2.05, 4.69) is 27.9 Å². The summed E-state index contributed by atoms with van der Waals surface area (Å²) in [7, 11) is 0. The molecule has 3 N–H and O–H groups in total. The van der Waals surface area contributed by atoms with Gasteiger partial charge in [-0.3, -0.25) is 0 Å². The maximum atomic E-state index is 12.3. The maximum absolute atomic E-state index is 12.3. The average Bonchev–Trinajstić information content (AvgIpc) is 3.49. The molecule has 2 heterocycles. The van der Waals surface area contributed by atoms with Gasteiger partial charge in [0, 0.05) is 51.0 Å². The molecule has 1 aromatic rings. The number of carbonyl (C=O) groups is 1. The van der Waals surface area contributed by atoms with Gasteiger partial charge in [-0.15, -0.1) is 24.0 Å². The summed E-state index contributed by atoms with van der Waals surface area (Å²) in [5, 5.41) is 9.64. The van der Waals surface area contributed by atoms with E-state index in [-0.39, 0.29) is 30.0 Å². The minimum atomic E-state index is -0.0177. The number of amides is 2. The topological polar surface area (TPSA) is 87.2 Å². The van der Waals surface area contributed by atoms with Crippen molar-refractivity contribution in [1.82, 2.24) is 15.5 Å². The number of halogens is 1. The molecule has 0 aromatic heterocycles. The van der Waals surface area contributed by atoms with E-state index in [9.17, 15) is 4.79 Å². The predicted molar refractivity (Wildman–Crippen MR) is 139 cm³/mol. The third-order valence-electron chi connectivity index (χ3n) is 5.47. The molecule has 3 rings (SSSR count). The average molecular weight is 559 g/mol. The molecule has 2 saturated heterocycles. The smallest absolute Gasteiger partial charge is 0.321 e. The number of benzene rings is 1. The highest BCUT2D eigenvalue weighted by Crippen LogP contribution is 2.15. The number of urea groups is 1. The van der Waals surface area contributed by atoms with Crippen LogP contribution in [0.1, 0.15) is 38.2 Å². The van der Waals surface area contributed by atoms with Crippen molar-refractivity contribution >= 4 is 41.7 Å². The molecule has 2 fully saturated rings. The predicted octanol–water partition coefficient (Wildman–Crippen LogP) is 3.43. The fraction of sp³-hybridized carbons (Fsp3) is 0.652. The van der Waals surface area contributed by atoms with Crippen LogP contribution in [0.15, 0.2) is 29.3 Å². The molecule has 2 aliphatic rings. The summed E-state index contributed by atoms with van der Waals surface area (Å²) in [5.41, 5.74) is 1.87. The highest BCUT2D eigenvalue weighted by Gasteiger charge is 2.17. The van der Waals surface area contributed by atoms with E-state index >= 15 is 0 Å². The lowest BCUT2D eigenvalue weighted by molar-refractivity contribution is 0.0888. The van der Waals surface area contributed by atoms with Crippen LogP contribution in [-0.2, 0) is 16.0 Å². The van der Waals surface area contributed by atoms with Crippen molar-refractivity contribution in [2.45, 2.75) is 39.2 Å². The molecule has 0 spiro atoms. The van der Waals surface area contributed by atoms with Crippen molar-refractivity contribution in [1.29, 1.82) is 0 Å². The summed E-state index contributed by atoms with van der Waals surface area (Å²) in [4.78, 5) is 18.8. The molecule has 180 valence electrons. The van der Waals surface area contributed by atoms with Gasteiger partial charge in [-0.1, -0.05) is 12.1 Å². The van der Waals surface area contributed by atoms with Gasteiger partial charge in [-0.25, -0.2) is 9.79 Å². The molecule has 2 amide bonds. The third-order valence-corrected chi connectivity index (χ3v) is 5.47. The second-order valence-corrected chi connectivity index (χ2v) is 8.10. The van der Waals surface area contributed by atoms with Crippen LogP contribution < -0.4 is 16.0 Å². The van der Waals surface area contributed by atoms with Gasteiger partial charge in [0.05, 0.1) is 19.8 Å². The Morgan fingerprint density at radius 2 is 2.12 bits per heavy atom. The van der Waals surface area contributed by atoms with Crippen molar-refractivity contribution in [2.24, 2.45) is 10.9 Å². The number of guanidine groups is 1. The first kappa shape index (κ1) is 26.7. The van der Waals surface area contributed by atoms with Crippen LogP contribution in [0.25, 0.3) is 0 Å². The maximum Gasteiger partial charge on any atom is 0.321 e. The summed E-state index contributed by atoms with van der Waals surface area (Å²) < 4.78 is 11.1. The molecule has 32 heavy (non-hydrogen) atoms. The van der Waals surface area contributed by atoms with E-state index < -0.39 is 0 Å². The molecule has 0 bridgehead atoms. The number of hydrogen-bond donors (Lipinski definition) is 3. The quantitative estimate of drug-likeness (QED) is 0.177. The highest BCUT2D eigenvalue weighted by atomic mass is 127. The number of anilines is 1. The fourth-order valence-corrected chi connectivity index (χ4v) is 3.73. The number of aliphatic imine (C=N–C) groups is 1. The Hall–Kier alpha value is -1.59. The van der Waals surface area contributed by atoms with Gasteiger partial charge >= 0.3 is 6.03 Å². The summed E-state index contributed by atoms with van der Waals surface area (Å²) >= 11 is 0. The number of likely N-dealkylation sites (tertiary alicyclic amines) is 1. The van der Waals surface area contributed by atoms with Gasteiger partial charge < -0.3 is 30.3 Å². The lowest BCUT2D eigenvalue weighted by Gasteiger charge is -2.16. The molecule has 9 heteroatoms. The molecule has 0 aliphatic carbocycles. The molecule has 1 atom stereocenters. The van der Waals surface area contributed by atoms with Gasteiger partial charge in [-0.2, -0.15) is 0 Å². The number of ether oxygens (including phenoxy) is 2. The number of carbonyl (C=O) groups excluding carboxylic acids is 1. The van der Waals surface area contributed by atoms with Gasteiger partial charge in [0.2, 0.25) is 0 Å². The third kappa shape index (κ3) is 9.50. The minimum Gasteiger partial charge on any atom is -0.381 e. The lowest BCUT2D eigenvalue weighted by Crippen LogP contribution is -2.38. The van der Waals surface area contributed by atoms with Crippen LogP contribution in [0.4, 0.5) is 10.5 Å². The van der Waals surface area contributed by atoms with Gasteiger partial charge in [0.25, 0.3) is 0 Å². The zero-order valence-corrected chi connectivity index (χ0v) is 21.4. The second-order valence-electron chi connectivity index (χ2n) is 8.10. The summed E-state index contributed by atoms with van der Waals surface area (Å²) in [6, 6.07) is 7.87. The molecular formula is C23H38IN5O3. The van der Waals surface area contributed by atoms with Crippen molar-refractivity contribution in [3.63, 3.8) is 0 Å². The van der Waals surface area contributed by atoms with Crippen LogP contribution in [0.3, 0.4) is 0 Å². The first-order chi connectivity index (χ1) is 15.2. The van der Waals surface area contributed by atoms with Gasteiger partial charge in [0.15, 0.2) is 5.96 Å². The molecule has 0 radical (unpaired) electrons. The Bertz CT molecular complexity index is 707. The van der Waals surface area contributed by atoms with E-state index in [1.54, 1.807) is 0 Å². The van der Waals surface area contributed by atoms with Crippen molar-refractivity contribution in [3.05, 3.63) is 29.8 Å². The molecule has 8 nitrogen and oxygen atoms in total. The Morgan fingerprint density at radius 3 is 2.88 bits per heavy atom. The van der Waals surface area contributed by atoms with E-state index in [0.29, 0.717) is 12.5 Å². The Morgan fingerprint density at radius 1 is 1.28 bits per heavy atom. The standard InChI is InChI=1S/C23H37N5O3.HI/c1-2-24-22(25-10-6-13-30-17-20-9-14-31-18-20)26-16-19-7-5-8-21(15-19)27-23(29)28-11-3-4-12-28;/h5,7-8,15,20H,2-4,6,9-14,16-18H2,1H3,(H,27,29)(H2,24,25,26);1H. The first-order valence-electron chi connectivity index (χ1n) is 11.6. The number of rotatable bonds is 10. The molecular weight excluding hydrogens is 521 g/mol. The zero-order chi connectivity index (χ0) is 21.7. The zero-order valence-electron chi connectivity index (χ0n) is 19.1. The number of nitrogens with one attached hydrogen (secondary N) is 3. The number of nitrogens with zero attached hydrogens (tertiary/aromatic N) is 2. The van der Waals surface area contributed by atoms with Crippen molar-refractivity contribution in [3.8, 4) is 0 Å². The van der Waals surface area contributed by atoms with E-state index in [1.165, 1.54) is 0 Å². The normalized spacial score (nSPS) is 18.3. The molecule has 2 aliphatic heterocycles. The van der Waals surface area contributed by atoms with Crippen LogP contribution >= 0.6 is 24.0 Å². The first-order valence-corrected chi connectivity index (χ1v) is 11.6. The van der Waals surface area contributed by atoms with Crippen molar-refractivity contribution in [2.75, 3.05) is 57.9 Å². The van der Waals surface area contributed by atoms with Gasteiger partial charge in [-0.05, 0) is 50.3 Å². The molecule has 1 unspecified atom stereocenters. The monoisotopic (exact) mass is 559 g/mol. The van der Waals surface area contributed by atoms with E-state index in [1.807, 2.05) is 29.2 Å². The van der Waals surface area contributed by atoms with Crippen molar-refractivity contribution < 1.29 is 14.3 Å². The Kier molecular flexibility index (Phi) is 12.7. The van der Waals surface area contributed by atoms with Gasteiger partial charge in [0.1, 0.15) is 0 Å². The molecule has 0 saturated carbocycles. The fourth-order valence-electron chi connectivity index (χ4n) is 3.73. The summed E-state index contributed by atoms with van der Waals surface area (Å²) in [6.07, 6.45) is 4.21. The largest absolute Gasteiger partial charge is 0.381 e. The SMILES string of the molecule is CCNC(=NCc1cccc(NC(=O)N2CCCC2)c1)NCCCOCC1CCOC1.I. The Balaban J connectivity index is 0.00000363. The van der Waals surface area contributed by atoms with Crippen LogP contribution in [0, 0.1) is 5.92 Å². The summed E-state index contributed by atoms with van der Waals surface area (Å²) in [6.45, 7) is 9.11. The second kappa shape index (κ2) is 15.3. The minimum absolute atomic E-state index is 0. The van der Waals surface area contributed by atoms with E-state index in [0.717, 1.165) is 95.5 Å². The van der Waals surface area contributed by atoms with E-state index in [4.69, 9.17) is 9.47 Å². The highest BCUT2D eigenvalue weighted by molar-refractivity contribution is 14.0. The van der Waals surface area contributed by atoms with Crippen LogP contribution in [-0.4, -0.2) is 69.5 Å². The molecule has 1 aromatic carbocycles. The lowest BCUT2D eigenvalue weighted by atomic mass is 10.1. The van der Waals surface area contributed by atoms with Crippen LogP contribution in [0.5, 0.6) is 0 Å². The number of hydrogen-bond acceptors (Lipinski definition) is 4. The van der Waals surface area contributed by atoms with Crippen LogP contribution in [0.2, 0.25) is 0 Å². The summed E-state index contributed by atoms with van der Waals surface area (Å²) in [5.74, 6) is 1.35.